The van der Waals surface area contributed by atoms with E-state index in [0.717, 1.165) is 19.3 Å². The Hall–Kier alpha value is -1.97. The Morgan fingerprint density at radius 3 is 2.81 bits per heavy atom. The quantitative estimate of drug-likeness (QED) is 0.750. The maximum atomic E-state index is 11.1. The van der Waals surface area contributed by atoms with Crippen molar-refractivity contribution < 1.29 is 9.90 Å². The third-order valence-electron chi connectivity index (χ3n) is 5.45. The van der Waals surface area contributed by atoms with Crippen LogP contribution in [0.25, 0.3) is 10.9 Å². The lowest BCUT2D eigenvalue weighted by Gasteiger charge is -2.30. The number of rotatable bonds is 1. The lowest BCUT2D eigenvalue weighted by Crippen LogP contribution is -2.42. The fourth-order valence-electron chi connectivity index (χ4n) is 4.38. The van der Waals surface area contributed by atoms with Crippen molar-refractivity contribution >= 4 is 17.0 Å². The number of carbonyl (C=O) groups is 1. The molecule has 1 fully saturated rings. The molecule has 110 valence electrons. The smallest absolute Gasteiger partial charge is 0.404 e. The summed E-state index contributed by atoms with van der Waals surface area (Å²) in [6.45, 7) is 4.27. The summed E-state index contributed by atoms with van der Waals surface area (Å²) in [6, 6.07) is 4.56. The van der Waals surface area contributed by atoms with Crippen molar-refractivity contribution in [3.63, 3.8) is 0 Å². The van der Waals surface area contributed by atoms with Gasteiger partial charge in [0.2, 0.25) is 0 Å². The summed E-state index contributed by atoms with van der Waals surface area (Å²) in [4.78, 5) is 14.7. The maximum absolute atomic E-state index is 11.1. The summed E-state index contributed by atoms with van der Waals surface area (Å²) in [7, 11) is 0. The second kappa shape index (κ2) is 4.26. The van der Waals surface area contributed by atoms with Gasteiger partial charge in [-0.3, -0.25) is 0 Å². The number of nitrogens with one attached hydrogen (secondary N) is 2. The number of hydrogen-bond acceptors (Lipinski definition) is 1. The molecule has 0 radical (unpaired) electrons. The predicted octanol–water partition coefficient (Wildman–Crippen LogP) is 3.47. The first kappa shape index (κ1) is 12.7. The number of fused-ring (bicyclic) bond motifs is 6. The molecular weight excluding hydrogens is 264 g/mol. The first-order chi connectivity index (χ1) is 10.0. The average molecular weight is 284 g/mol. The Morgan fingerprint density at radius 1 is 1.29 bits per heavy atom. The maximum Gasteiger partial charge on any atom is 0.404 e. The van der Waals surface area contributed by atoms with Gasteiger partial charge in [0.1, 0.15) is 0 Å². The van der Waals surface area contributed by atoms with Crippen LogP contribution < -0.4 is 5.32 Å². The highest BCUT2D eigenvalue weighted by Crippen LogP contribution is 2.49. The van der Waals surface area contributed by atoms with Gasteiger partial charge in [-0.2, -0.15) is 0 Å². The molecule has 2 aliphatic rings. The van der Waals surface area contributed by atoms with Gasteiger partial charge in [-0.1, -0.05) is 0 Å². The summed E-state index contributed by atoms with van der Waals surface area (Å²) >= 11 is 0. The molecule has 3 N–H and O–H groups in total. The van der Waals surface area contributed by atoms with E-state index in [1.807, 2.05) is 0 Å². The molecule has 0 unspecified atom stereocenters. The minimum Gasteiger partial charge on any atom is -0.465 e. The van der Waals surface area contributed by atoms with Crippen molar-refractivity contribution in [2.75, 3.05) is 0 Å². The van der Waals surface area contributed by atoms with Gasteiger partial charge >= 0.3 is 6.09 Å². The summed E-state index contributed by atoms with van der Waals surface area (Å²) in [6.07, 6.45) is 2.27. The predicted molar refractivity (Wildman–Crippen MR) is 81.9 cm³/mol. The molecule has 21 heavy (non-hydrogen) atoms. The SMILES string of the molecule is Cc1cc2[nH]c3c(c2cc1C)[C@H]1CC[C@@H](C3)[C@H]1NC(=O)O. The van der Waals surface area contributed by atoms with Gasteiger partial charge in [-0.25, -0.2) is 4.79 Å². The fraction of sp³-hybridized carbons (Fsp3) is 0.471. The van der Waals surface area contributed by atoms with Crippen LogP contribution in [0.3, 0.4) is 0 Å². The molecule has 1 saturated carbocycles. The number of carboxylic acid groups (broad SMARTS) is 1. The Bertz CT molecular complexity index is 747. The van der Waals surface area contributed by atoms with Crippen LogP contribution in [0.2, 0.25) is 0 Å². The fourth-order valence-corrected chi connectivity index (χ4v) is 4.38. The normalized spacial score (nSPS) is 26.9. The van der Waals surface area contributed by atoms with Gasteiger partial charge < -0.3 is 15.4 Å². The van der Waals surface area contributed by atoms with Crippen molar-refractivity contribution in [3.8, 4) is 0 Å². The second-order valence-corrected chi connectivity index (χ2v) is 6.62. The zero-order valence-corrected chi connectivity index (χ0v) is 12.4. The van der Waals surface area contributed by atoms with Crippen LogP contribution >= 0.6 is 0 Å². The Balaban J connectivity index is 1.87. The van der Waals surface area contributed by atoms with Crippen molar-refractivity contribution in [1.29, 1.82) is 0 Å². The molecule has 4 nitrogen and oxygen atoms in total. The number of amides is 1. The van der Waals surface area contributed by atoms with Gasteiger partial charge in [0, 0.05) is 28.6 Å². The van der Waals surface area contributed by atoms with Crippen LogP contribution in [0.15, 0.2) is 12.1 Å². The van der Waals surface area contributed by atoms with E-state index in [2.05, 4.69) is 36.3 Å². The highest BCUT2D eigenvalue weighted by atomic mass is 16.4. The first-order valence-electron chi connectivity index (χ1n) is 7.65. The molecule has 2 aromatic rings. The molecule has 1 aromatic carbocycles. The number of aromatic nitrogens is 1. The summed E-state index contributed by atoms with van der Waals surface area (Å²) in [5, 5.41) is 13.2. The third kappa shape index (κ3) is 1.78. The van der Waals surface area contributed by atoms with Crippen molar-refractivity contribution in [1.82, 2.24) is 10.3 Å². The van der Waals surface area contributed by atoms with Crippen LogP contribution in [0.1, 0.15) is 41.1 Å². The molecule has 1 amide bonds. The number of H-pyrrole nitrogens is 1. The van der Waals surface area contributed by atoms with E-state index in [1.54, 1.807) is 0 Å². The zero-order chi connectivity index (χ0) is 14.7. The summed E-state index contributed by atoms with van der Waals surface area (Å²) in [5.74, 6) is 0.763. The summed E-state index contributed by atoms with van der Waals surface area (Å²) < 4.78 is 0. The number of benzene rings is 1. The minimum absolute atomic E-state index is 0.0793. The molecular formula is C17H20N2O2. The van der Waals surface area contributed by atoms with Crippen LogP contribution in [-0.4, -0.2) is 22.2 Å². The van der Waals surface area contributed by atoms with Crippen LogP contribution in [0.4, 0.5) is 4.79 Å². The highest BCUT2D eigenvalue weighted by Gasteiger charge is 2.44. The van der Waals surface area contributed by atoms with E-state index in [-0.39, 0.29) is 6.04 Å². The number of hydrogen-bond donors (Lipinski definition) is 3. The lowest BCUT2D eigenvalue weighted by atomic mass is 9.81. The van der Waals surface area contributed by atoms with Gasteiger partial charge in [0.05, 0.1) is 0 Å². The zero-order valence-electron chi connectivity index (χ0n) is 12.4. The molecule has 2 bridgehead atoms. The number of aromatic amines is 1. The molecule has 2 aliphatic carbocycles. The summed E-state index contributed by atoms with van der Waals surface area (Å²) in [5.41, 5.74) is 6.48. The Kier molecular flexibility index (Phi) is 2.59. The van der Waals surface area contributed by atoms with Gasteiger partial charge in [0.15, 0.2) is 0 Å². The van der Waals surface area contributed by atoms with Gasteiger partial charge in [0.25, 0.3) is 0 Å². The monoisotopic (exact) mass is 284 g/mol. The van der Waals surface area contributed by atoms with Crippen LogP contribution in [-0.2, 0) is 6.42 Å². The first-order valence-corrected chi connectivity index (χ1v) is 7.65. The van der Waals surface area contributed by atoms with Crippen LogP contribution in [0.5, 0.6) is 0 Å². The molecule has 4 heteroatoms. The van der Waals surface area contributed by atoms with Gasteiger partial charge in [-0.15, -0.1) is 0 Å². The number of aryl methyl sites for hydroxylation is 2. The van der Waals surface area contributed by atoms with E-state index < -0.39 is 6.09 Å². The molecule has 3 atom stereocenters. The molecule has 0 saturated heterocycles. The van der Waals surface area contributed by atoms with E-state index in [9.17, 15) is 4.79 Å². The largest absolute Gasteiger partial charge is 0.465 e. The third-order valence-corrected chi connectivity index (χ3v) is 5.45. The van der Waals surface area contributed by atoms with Crippen molar-refractivity contribution in [3.05, 3.63) is 34.5 Å². The van der Waals surface area contributed by atoms with Crippen molar-refractivity contribution in [2.24, 2.45) is 5.92 Å². The molecule has 1 heterocycles. The van der Waals surface area contributed by atoms with E-state index in [0.29, 0.717) is 11.8 Å². The van der Waals surface area contributed by atoms with E-state index in [1.165, 1.54) is 33.3 Å². The molecule has 1 aromatic heterocycles. The van der Waals surface area contributed by atoms with Gasteiger partial charge in [-0.05, 0) is 67.9 Å². The Morgan fingerprint density at radius 2 is 2.05 bits per heavy atom. The highest BCUT2D eigenvalue weighted by molar-refractivity contribution is 5.87. The van der Waals surface area contributed by atoms with Crippen LogP contribution in [0, 0.1) is 19.8 Å². The minimum atomic E-state index is -0.896. The molecule has 4 rings (SSSR count). The Labute approximate surface area is 123 Å². The van der Waals surface area contributed by atoms with E-state index in [4.69, 9.17) is 5.11 Å². The van der Waals surface area contributed by atoms with Crippen molar-refractivity contribution in [2.45, 2.75) is 45.1 Å². The van der Waals surface area contributed by atoms with E-state index >= 15 is 0 Å². The standard InChI is InChI=1S/C17H20N2O2/c1-8-5-12-13(6-9(8)2)18-14-7-10-3-4-11(15(12)14)16(10)19-17(20)21/h5-6,10-11,16,18-19H,3-4,7H2,1-2H3,(H,20,21)/t10-,11+,16+/m0/s1. The lowest BCUT2D eigenvalue weighted by molar-refractivity contribution is 0.183. The average Bonchev–Trinajstić information content (AvgIpc) is 2.87. The molecule has 0 aliphatic heterocycles. The molecule has 0 spiro atoms. The topological polar surface area (TPSA) is 65.1 Å². The second-order valence-electron chi connectivity index (χ2n) is 6.62.